The molecule has 0 amide bonds. The highest BCUT2D eigenvalue weighted by Crippen LogP contribution is 2.24. The molecule has 2 aromatic heterocycles. The van der Waals surface area contributed by atoms with Crippen molar-refractivity contribution in [2.75, 3.05) is 18.0 Å². The van der Waals surface area contributed by atoms with Crippen LogP contribution in [-0.2, 0) is 0 Å². The Morgan fingerprint density at radius 2 is 2.15 bits per heavy atom. The summed E-state index contributed by atoms with van der Waals surface area (Å²) in [5, 5.41) is 0. The predicted molar refractivity (Wildman–Crippen MR) is 52.0 cm³/mol. The lowest BCUT2D eigenvalue weighted by molar-refractivity contribution is 0.618. The predicted octanol–water partition coefficient (Wildman–Crippen LogP) is 1.54. The topological polar surface area (TPSA) is 20.5 Å². The monoisotopic (exact) mass is 173 g/mol. The highest BCUT2D eigenvalue weighted by atomic mass is 15.2. The second-order valence-electron chi connectivity index (χ2n) is 3.39. The van der Waals surface area contributed by atoms with Gasteiger partial charge in [-0.1, -0.05) is 0 Å². The summed E-state index contributed by atoms with van der Waals surface area (Å²) in [5.41, 5.74) is 2.33. The molecule has 13 heavy (non-hydrogen) atoms. The van der Waals surface area contributed by atoms with Crippen LogP contribution in [0.2, 0.25) is 0 Å². The molecule has 0 aromatic carbocycles. The fourth-order valence-corrected chi connectivity index (χ4v) is 1.74. The Kier molecular flexibility index (Phi) is 1.33. The van der Waals surface area contributed by atoms with Gasteiger partial charge in [0, 0.05) is 31.7 Å². The zero-order valence-electron chi connectivity index (χ0n) is 7.35. The molecule has 3 nitrogen and oxygen atoms in total. The summed E-state index contributed by atoms with van der Waals surface area (Å²) in [6, 6.07) is 4.21. The van der Waals surface area contributed by atoms with Gasteiger partial charge >= 0.3 is 0 Å². The molecule has 3 rings (SSSR count). The number of pyridine rings is 1. The standard InChI is InChI=1S/C10H11N3/c1-3-9(12-6-2-7-12)10-11-4-8-13(10)5-1/h1,3-5,8H,2,6-7H2. The third-order valence-electron chi connectivity index (χ3n) is 2.60. The third-order valence-corrected chi connectivity index (χ3v) is 2.60. The van der Waals surface area contributed by atoms with Crippen LogP contribution in [0.25, 0.3) is 5.65 Å². The lowest BCUT2D eigenvalue weighted by Gasteiger charge is -2.33. The van der Waals surface area contributed by atoms with Crippen LogP contribution < -0.4 is 4.90 Å². The molecule has 0 aliphatic carbocycles. The van der Waals surface area contributed by atoms with Gasteiger partial charge in [0.1, 0.15) is 0 Å². The number of nitrogens with zero attached hydrogens (tertiary/aromatic N) is 3. The van der Waals surface area contributed by atoms with Crippen molar-refractivity contribution in [3.05, 3.63) is 30.7 Å². The van der Waals surface area contributed by atoms with Crippen LogP contribution in [0.1, 0.15) is 6.42 Å². The molecule has 1 fully saturated rings. The van der Waals surface area contributed by atoms with Crippen molar-refractivity contribution < 1.29 is 0 Å². The summed E-state index contributed by atoms with van der Waals surface area (Å²) in [6.07, 6.45) is 7.17. The van der Waals surface area contributed by atoms with E-state index >= 15 is 0 Å². The van der Waals surface area contributed by atoms with Gasteiger partial charge in [0.05, 0.1) is 5.69 Å². The van der Waals surface area contributed by atoms with Crippen molar-refractivity contribution in [2.24, 2.45) is 0 Å². The molecular formula is C10H11N3. The van der Waals surface area contributed by atoms with Gasteiger partial charge in [-0.25, -0.2) is 4.98 Å². The van der Waals surface area contributed by atoms with E-state index in [1.165, 1.54) is 25.2 Å². The van der Waals surface area contributed by atoms with Crippen LogP contribution >= 0.6 is 0 Å². The molecular weight excluding hydrogens is 162 g/mol. The highest BCUT2D eigenvalue weighted by molar-refractivity contribution is 5.69. The number of aromatic nitrogens is 2. The molecule has 1 saturated heterocycles. The fourth-order valence-electron chi connectivity index (χ4n) is 1.74. The molecule has 3 heterocycles. The van der Waals surface area contributed by atoms with E-state index in [0.717, 1.165) is 5.65 Å². The average Bonchev–Trinajstić information content (AvgIpc) is 2.49. The quantitative estimate of drug-likeness (QED) is 0.652. The Balaban J connectivity index is 2.20. The maximum Gasteiger partial charge on any atom is 0.160 e. The number of anilines is 1. The van der Waals surface area contributed by atoms with Gasteiger partial charge in [0.25, 0.3) is 0 Å². The van der Waals surface area contributed by atoms with Crippen molar-refractivity contribution in [3.63, 3.8) is 0 Å². The summed E-state index contributed by atoms with van der Waals surface area (Å²) in [7, 11) is 0. The molecule has 1 aliphatic heterocycles. The second kappa shape index (κ2) is 2.49. The van der Waals surface area contributed by atoms with E-state index in [-0.39, 0.29) is 0 Å². The summed E-state index contributed by atoms with van der Waals surface area (Å²) < 4.78 is 2.06. The number of hydrogen-bond acceptors (Lipinski definition) is 2. The maximum absolute atomic E-state index is 4.34. The van der Waals surface area contributed by atoms with E-state index in [1.54, 1.807) is 0 Å². The van der Waals surface area contributed by atoms with Gasteiger partial charge in [-0.2, -0.15) is 0 Å². The molecule has 0 saturated carbocycles. The lowest BCUT2D eigenvalue weighted by atomic mass is 10.2. The maximum atomic E-state index is 4.34. The Morgan fingerprint density at radius 1 is 1.23 bits per heavy atom. The van der Waals surface area contributed by atoms with E-state index in [2.05, 4.69) is 26.4 Å². The number of rotatable bonds is 1. The molecule has 0 unspecified atom stereocenters. The smallest absolute Gasteiger partial charge is 0.160 e. The largest absolute Gasteiger partial charge is 0.368 e. The number of imidazole rings is 1. The molecule has 3 heteroatoms. The Hall–Kier alpha value is -1.51. The summed E-state index contributed by atoms with van der Waals surface area (Å²) in [5.74, 6) is 0. The van der Waals surface area contributed by atoms with Crippen molar-refractivity contribution >= 4 is 11.3 Å². The van der Waals surface area contributed by atoms with Crippen LogP contribution in [0.4, 0.5) is 5.69 Å². The second-order valence-corrected chi connectivity index (χ2v) is 3.39. The minimum atomic E-state index is 1.07. The van der Waals surface area contributed by atoms with Crippen molar-refractivity contribution in [1.29, 1.82) is 0 Å². The Bertz CT molecular complexity index is 428. The first kappa shape index (κ1) is 6.95. The van der Waals surface area contributed by atoms with Gasteiger partial charge in [0.2, 0.25) is 0 Å². The van der Waals surface area contributed by atoms with Crippen molar-refractivity contribution in [2.45, 2.75) is 6.42 Å². The zero-order valence-corrected chi connectivity index (χ0v) is 7.35. The lowest BCUT2D eigenvalue weighted by Crippen LogP contribution is -2.37. The minimum Gasteiger partial charge on any atom is -0.368 e. The van der Waals surface area contributed by atoms with E-state index in [1.807, 2.05) is 18.6 Å². The van der Waals surface area contributed by atoms with Gasteiger partial charge in [-0.05, 0) is 18.6 Å². The SMILES string of the molecule is c1cc(N2CCC2)c2nccn2c1. The molecule has 0 atom stereocenters. The first-order valence-corrected chi connectivity index (χ1v) is 4.62. The minimum absolute atomic E-state index is 1.07. The van der Waals surface area contributed by atoms with Crippen LogP contribution in [-0.4, -0.2) is 22.5 Å². The first-order chi connectivity index (χ1) is 6.45. The van der Waals surface area contributed by atoms with Crippen molar-refractivity contribution in [1.82, 2.24) is 9.38 Å². The Labute approximate surface area is 76.6 Å². The first-order valence-electron chi connectivity index (χ1n) is 4.62. The highest BCUT2D eigenvalue weighted by Gasteiger charge is 2.16. The molecule has 2 aromatic rings. The van der Waals surface area contributed by atoms with Gasteiger partial charge < -0.3 is 9.30 Å². The molecule has 0 bridgehead atoms. The molecule has 1 aliphatic rings. The zero-order chi connectivity index (χ0) is 8.67. The normalized spacial score (nSPS) is 16.2. The molecule has 0 spiro atoms. The van der Waals surface area contributed by atoms with E-state index in [9.17, 15) is 0 Å². The van der Waals surface area contributed by atoms with Crippen molar-refractivity contribution in [3.8, 4) is 0 Å². The fraction of sp³-hybridized carbons (Fsp3) is 0.300. The van der Waals surface area contributed by atoms with E-state index in [0.29, 0.717) is 0 Å². The van der Waals surface area contributed by atoms with Gasteiger partial charge in [-0.3, -0.25) is 0 Å². The summed E-state index contributed by atoms with van der Waals surface area (Å²) in [6.45, 7) is 2.35. The van der Waals surface area contributed by atoms with Gasteiger partial charge in [-0.15, -0.1) is 0 Å². The van der Waals surface area contributed by atoms with Crippen LogP contribution in [0, 0.1) is 0 Å². The number of hydrogen-bond donors (Lipinski definition) is 0. The van der Waals surface area contributed by atoms with E-state index in [4.69, 9.17) is 0 Å². The average molecular weight is 173 g/mol. The van der Waals surface area contributed by atoms with Crippen LogP contribution in [0.5, 0.6) is 0 Å². The molecule has 0 N–H and O–H groups in total. The number of fused-ring (bicyclic) bond motifs is 1. The van der Waals surface area contributed by atoms with Crippen LogP contribution in [0.15, 0.2) is 30.7 Å². The molecule has 0 radical (unpaired) electrons. The summed E-state index contributed by atoms with van der Waals surface area (Å²) in [4.78, 5) is 6.71. The summed E-state index contributed by atoms with van der Waals surface area (Å²) >= 11 is 0. The third kappa shape index (κ3) is 0.932. The van der Waals surface area contributed by atoms with E-state index < -0.39 is 0 Å². The Morgan fingerprint density at radius 3 is 2.92 bits per heavy atom. The van der Waals surface area contributed by atoms with Gasteiger partial charge in [0.15, 0.2) is 5.65 Å². The molecule has 66 valence electrons. The van der Waals surface area contributed by atoms with Crippen LogP contribution in [0.3, 0.4) is 0 Å².